The Balaban J connectivity index is 1.49. The number of hydrogen-bond donors (Lipinski definition) is 2. The van der Waals surface area contributed by atoms with Crippen molar-refractivity contribution in [2.45, 2.75) is 19.1 Å². The number of nitrogens with two attached hydrogens (primary N) is 1. The number of piperazine rings is 1. The van der Waals surface area contributed by atoms with Gasteiger partial charge in [0, 0.05) is 50.7 Å². The van der Waals surface area contributed by atoms with Crippen LogP contribution in [0.25, 0.3) is 0 Å². The molecule has 1 aromatic heterocycles. The van der Waals surface area contributed by atoms with Crippen molar-refractivity contribution >= 4 is 17.5 Å². The van der Waals surface area contributed by atoms with E-state index in [1.165, 1.54) is 0 Å². The Morgan fingerprint density at radius 3 is 2.53 bits per heavy atom. The fourth-order valence-corrected chi connectivity index (χ4v) is 4.15. The SMILES string of the molecule is COc1ccc(C(=O)N2CCN(Cc3ccccc3)C[C@H]2C(N)=O)cc1NCc1ccncc1. The lowest BCUT2D eigenvalue weighted by Gasteiger charge is -2.40. The van der Waals surface area contributed by atoms with Crippen molar-refractivity contribution < 1.29 is 14.3 Å². The Hall–Kier alpha value is -3.91. The van der Waals surface area contributed by atoms with Crippen molar-refractivity contribution in [3.8, 4) is 5.75 Å². The number of benzene rings is 2. The van der Waals surface area contributed by atoms with Crippen LogP contribution < -0.4 is 15.8 Å². The molecule has 3 N–H and O–H groups in total. The van der Waals surface area contributed by atoms with E-state index >= 15 is 0 Å². The Morgan fingerprint density at radius 1 is 1.06 bits per heavy atom. The smallest absolute Gasteiger partial charge is 0.254 e. The molecule has 176 valence electrons. The van der Waals surface area contributed by atoms with Gasteiger partial charge in [0.05, 0.1) is 12.8 Å². The minimum Gasteiger partial charge on any atom is -0.495 e. The monoisotopic (exact) mass is 459 g/mol. The van der Waals surface area contributed by atoms with Gasteiger partial charge in [-0.3, -0.25) is 19.5 Å². The fraction of sp³-hybridized carbons (Fsp3) is 0.269. The molecule has 0 unspecified atom stereocenters. The average Bonchev–Trinajstić information content (AvgIpc) is 2.88. The van der Waals surface area contributed by atoms with E-state index in [0.29, 0.717) is 49.7 Å². The minimum atomic E-state index is -0.694. The molecule has 3 aromatic rings. The van der Waals surface area contributed by atoms with E-state index in [-0.39, 0.29) is 5.91 Å². The molecule has 2 heterocycles. The van der Waals surface area contributed by atoms with Gasteiger partial charge < -0.3 is 20.7 Å². The zero-order chi connectivity index (χ0) is 23.9. The maximum atomic E-state index is 13.4. The quantitative estimate of drug-likeness (QED) is 0.537. The van der Waals surface area contributed by atoms with Gasteiger partial charge in [-0.05, 0) is 41.5 Å². The number of amides is 2. The molecule has 1 fully saturated rings. The van der Waals surface area contributed by atoms with Gasteiger partial charge >= 0.3 is 0 Å². The highest BCUT2D eigenvalue weighted by atomic mass is 16.5. The molecule has 1 aliphatic heterocycles. The molecule has 0 aliphatic carbocycles. The summed E-state index contributed by atoms with van der Waals surface area (Å²) in [6, 6.07) is 18.4. The van der Waals surface area contributed by atoms with E-state index < -0.39 is 11.9 Å². The van der Waals surface area contributed by atoms with Crippen LogP contribution >= 0.6 is 0 Å². The van der Waals surface area contributed by atoms with Crippen molar-refractivity contribution in [2.24, 2.45) is 5.73 Å². The van der Waals surface area contributed by atoms with Crippen molar-refractivity contribution in [2.75, 3.05) is 32.1 Å². The normalized spacial score (nSPS) is 16.1. The molecule has 0 bridgehead atoms. The zero-order valence-corrected chi connectivity index (χ0v) is 19.2. The molecule has 4 rings (SSSR count). The summed E-state index contributed by atoms with van der Waals surface area (Å²) in [5, 5.41) is 3.32. The number of rotatable bonds is 8. The lowest BCUT2D eigenvalue weighted by molar-refractivity contribution is -0.124. The Labute approximate surface area is 199 Å². The van der Waals surface area contributed by atoms with Crippen LogP contribution in [0.4, 0.5) is 5.69 Å². The summed E-state index contributed by atoms with van der Waals surface area (Å²) in [6.07, 6.45) is 3.46. The van der Waals surface area contributed by atoms with E-state index in [2.05, 4.69) is 27.3 Å². The summed E-state index contributed by atoms with van der Waals surface area (Å²) >= 11 is 0. The Morgan fingerprint density at radius 2 is 1.82 bits per heavy atom. The van der Waals surface area contributed by atoms with Gasteiger partial charge in [-0.25, -0.2) is 0 Å². The maximum absolute atomic E-state index is 13.4. The van der Waals surface area contributed by atoms with Gasteiger partial charge in [-0.1, -0.05) is 30.3 Å². The Kier molecular flexibility index (Phi) is 7.39. The molecule has 2 aromatic carbocycles. The molecule has 0 radical (unpaired) electrons. The number of aromatic nitrogens is 1. The molecule has 0 saturated carbocycles. The number of nitrogens with zero attached hydrogens (tertiary/aromatic N) is 3. The van der Waals surface area contributed by atoms with Crippen LogP contribution in [0.1, 0.15) is 21.5 Å². The van der Waals surface area contributed by atoms with Gasteiger partial charge in [-0.2, -0.15) is 0 Å². The number of carbonyl (C=O) groups excluding carboxylic acids is 2. The third kappa shape index (κ3) is 5.52. The standard InChI is InChI=1S/C26H29N5O3/c1-34-24-8-7-21(15-22(24)29-16-19-9-11-28-12-10-19)26(33)31-14-13-30(18-23(31)25(27)32)17-20-5-3-2-4-6-20/h2-12,15,23,29H,13-14,16-18H2,1H3,(H2,27,32)/t23-/m0/s1. The van der Waals surface area contributed by atoms with E-state index in [9.17, 15) is 9.59 Å². The second-order valence-corrected chi connectivity index (χ2v) is 8.26. The van der Waals surface area contributed by atoms with E-state index in [1.54, 1.807) is 42.6 Å². The molecular weight excluding hydrogens is 430 g/mol. The summed E-state index contributed by atoms with van der Waals surface area (Å²) in [6.45, 7) is 2.74. The van der Waals surface area contributed by atoms with Crippen LogP contribution in [0.15, 0.2) is 73.1 Å². The van der Waals surface area contributed by atoms with Crippen molar-refractivity contribution in [3.05, 3.63) is 89.7 Å². The first-order valence-electron chi connectivity index (χ1n) is 11.2. The van der Waals surface area contributed by atoms with Crippen molar-refractivity contribution in [3.63, 3.8) is 0 Å². The predicted octanol–water partition coefficient (Wildman–Crippen LogP) is 2.51. The number of nitrogens with one attached hydrogen (secondary N) is 1. The molecule has 1 atom stereocenters. The van der Waals surface area contributed by atoms with Gasteiger partial charge in [0.25, 0.3) is 5.91 Å². The highest BCUT2D eigenvalue weighted by molar-refractivity contribution is 5.98. The van der Waals surface area contributed by atoms with Crippen LogP contribution in [0.2, 0.25) is 0 Å². The third-order valence-corrected chi connectivity index (χ3v) is 5.98. The maximum Gasteiger partial charge on any atom is 0.254 e. The molecule has 0 spiro atoms. The lowest BCUT2D eigenvalue weighted by atomic mass is 10.1. The van der Waals surface area contributed by atoms with Crippen molar-refractivity contribution in [1.29, 1.82) is 0 Å². The number of ether oxygens (including phenoxy) is 1. The van der Waals surface area contributed by atoms with Gasteiger partial charge in [0.1, 0.15) is 11.8 Å². The predicted molar refractivity (Wildman–Crippen MR) is 130 cm³/mol. The number of pyridine rings is 1. The van der Waals surface area contributed by atoms with Gasteiger partial charge in [0.2, 0.25) is 5.91 Å². The first-order chi connectivity index (χ1) is 16.5. The van der Waals surface area contributed by atoms with Crippen molar-refractivity contribution in [1.82, 2.24) is 14.8 Å². The first-order valence-corrected chi connectivity index (χ1v) is 11.2. The van der Waals surface area contributed by atoms with Crippen LogP contribution in [0, 0.1) is 0 Å². The average molecular weight is 460 g/mol. The summed E-state index contributed by atoms with van der Waals surface area (Å²) in [4.78, 5) is 33.5. The second kappa shape index (κ2) is 10.8. The van der Waals surface area contributed by atoms with Gasteiger partial charge in [0.15, 0.2) is 0 Å². The molecule has 1 aliphatic rings. The number of hydrogen-bond acceptors (Lipinski definition) is 6. The number of primary amides is 1. The van der Waals surface area contributed by atoms with Crippen LogP contribution in [-0.2, 0) is 17.9 Å². The van der Waals surface area contributed by atoms with E-state index in [4.69, 9.17) is 10.5 Å². The summed E-state index contributed by atoms with van der Waals surface area (Å²) in [7, 11) is 1.59. The fourth-order valence-electron chi connectivity index (χ4n) is 4.15. The third-order valence-electron chi connectivity index (χ3n) is 5.98. The minimum absolute atomic E-state index is 0.224. The molecule has 8 nitrogen and oxygen atoms in total. The second-order valence-electron chi connectivity index (χ2n) is 8.26. The molecular formula is C26H29N5O3. The van der Waals surface area contributed by atoms with E-state index in [0.717, 1.165) is 11.1 Å². The zero-order valence-electron chi connectivity index (χ0n) is 19.2. The number of methoxy groups -OCH3 is 1. The van der Waals surface area contributed by atoms with Gasteiger partial charge in [-0.15, -0.1) is 0 Å². The number of anilines is 1. The van der Waals surface area contributed by atoms with Crippen LogP contribution in [-0.4, -0.2) is 59.4 Å². The highest BCUT2D eigenvalue weighted by Crippen LogP contribution is 2.27. The topological polar surface area (TPSA) is 101 Å². The van der Waals surface area contributed by atoms with E-state index in [1.807, 2.05) is 30.3 Å². The van der Waals surface area contributed by atoms with Crippen LogP contribution in [0.3, 0.4) is 0 Å². The summed E-state index contributed by atoms with van der Waals surface area (Å²) in [5.41, 5.74) is 9.10. The highest BCUT2D eigenvalue weighted by Gasteiger charge is 2.34. The molecule has 8 heteroatoms. The molecule has 2 amide bonds. The summed E-state index contributed by atoms with van der Waals surface area (Å²) in [5.74, 6) is -0.0989. The first kappa shape index (κ1) is 23.3. The lowest BCUT2D eigenvalue weighted by Crippen LogP contribution is -2.59. The largest absolute Gasteiger partial charge is 0.495 e. The number of carbonyl (C=O) groups is 2. The van der Waals surface area contributed by atoms with Crippen LogP contribution in [0.5, 0.6) is 5.75 Å². The molecule has 1 saturated heterocycles. The summed E-state index contributed by atoms with van der Waals surface area (Å²) < 4.78 is 5.46. The molecule has 34 heavy (non-hydrogen) atoms. The Bertz CT molecular complexity index is 1120.